The summed E-state index contributed by atoms with van der Waals surface area (Å²) in [5.41, 5.74) is 3.04. The molecule has 104 valence electrons. The molecule has 1 fully saturated rings. The van der Waals surface area contributed by atoms with Crippen molar-refractivity contribution >= 4 is 24.8 Å². The molecule has 2 nitrogen and oxygen atoms in total. The Morgan fingerprint density at radius 2 is 1.61 bits per heavy atom. The Labute approximate surface area is 123 Å². The van der Waals surface area contributed by atoms with Crippen molar-refractivity contribution in [2.75, 3.05) is 19.6 Å². The predicted molar refractivity (Wildman–Crippen MR) is 83.3 cm³/mol. The number of hydrogen-bond donors (Lipinski definition) is 2. The molecule has 4 heteroatoms. The van der Waals surface area contributed by atoms with Gasteiger partial charge in [0.25, 0.3) is 0 Å². The van der Waals surface area contributed by atoms with E-state index in [0.717, 1.165) is 19.6 Å². The predicted octanol–water partition coefficient (Wildman–Crippen LogP) is 3.06. The number of rotatable bonds is 1. The molecule has 0 bridgehead atoms. The molecule has 1 aromatic rings. The fourth-order valence-corrected chi connectivity index (χ4v) is 2.10. The molecule has 0 aromatic heterocycles. The first-order valence-corrected chi connectivity index (χ1v) is 6.12. The second-order valence-corrected chi connectivity index (χ2v) is 5.58. The van der Waals surface area contributed by atoms with Gasteiger partial charge in [-0.25, -0.2) is 0 Å². The summed E-state index contributed by atoms with van der Waals surface area (Å²) in [4.78, 5) is 0. The first-order valence-electron chi connectivity index (χ1n) is 6.12. The van der Waals surface area contributed by atoms with E-state index in [1.165, 1.54) is 11.1 Å². The quantitative estimate of drug-likeness (QED) is 0.831. The van der Waals surface area contributed by atoms with E-state index in [4.69, 9.17) is 0 Å². The maximum Gasteiger partial charge on any atom is 0.0447 e. The van der Waals surface area contributed by atoms with Crippen LogP contribution in [-0.4, -0.2) is 19.6 Å². The lowest BCUT2D eigenvalue weighted by Gasteiger charge is -2.26. The molecule has 0 aliphatic carbocycles. The molecule has 1 aliphatic rings. The van der Waals surface area contributed by atoms with Crippen molar-refractivity contribution in [2.24, 2.45) is 0 Å². The van der Waals surface area contributed by atoms with Gasteiger partial charge in [0.15, 0.2) is 0 Å². The molecule has 1 aliphatic heterocycles. The minimum Gasteiger partial charge on any atom is -0.314 e. The smallest absolute Gasteiger partial charge is 0.0447 e. The highest BCUT2D eigenvalue weighted by Crippen LogP contribution is 2.24. The summed E-state index contributed by atoms with van der Waals surface area (Å²) in [6.45, 7) is 9.93. The number of piperazine rings is 1. The second kappa shape index (κ2) is 7.34. The molecule has 1 saturated heterocycles. The number of nitrogens with one attached hydrogen (secondary N) is 2. The lowest BCUT2D eigenvalue weighted by Crippen LogP contribution is -2.42. The van der Waals surface area contributed by atoms with Gasteiger partial charge in [0.1, 0.15) is 0 Å². The van der Waals surface area contributed by atoms with Crippen molar-refractivity contribution in [2.45, 2.75) is 32.2 Å². The fraction of sp³-hybridized carbons (Fsp3) is 0.571. The molecule has 18 heavy (non-hydrogen) atoms. The van der Waals surface area contributed by atoms with Crippen LogP contribution in [-0.2, 0) is 5.41 Å². The van der Waals surface area contributed by atoms with Crippen molar-refractivity contribution in [3.8, 4) is 0 Å². The van der Waals surface area contributed by atoms with Gasteiger partial charge in [0.05, 0.1) is 0 Å². The normalized spacial score (nSPS) is 19.6. The highest BCUT2D eigenvalue weighted by atomic mass is 35.5. The van der Waals surface area contributed by atoms with Crippen molar-refractivity contribution in [3.05, 3.63) is 35.4 Å². The van der Waals surface area contributed by atoms with Crippen LogP contribution in [0.2, 0.25) is 0 Å². The molecule has 2 N–H and O–H groups in total. The Morgan fingerprint density at radius 1 is 1.00 bits per heavy atom. The Balaban J connectivity index is 0.00000144. The summed E-state index contributed by atoms with van der Waals surface area (Å²) in [6.07, 6.45) is 0. The zero-order chi connectivity index (χ0) is 11.6. The minimum absolute atomic E-state index is 0. The number of hydrogen-bond acceptors (Lipinski definition) is 2. The highest BCUT2D eigenvalue weighted by Gasteiger charge is 2.16. The molecular formula is C14H24Cl2N2. The van der Waals surface area contributed by atoms with Gasteiger partial charge >= 0.3 is 0 Å². The van der Waals surface area contributed by atoms with Gasteiger partial charge in [-0.15, -0.1) is 24.8 Å². The Bertz CT molecular complexity index is 338. The van der Waals surface area contributed by atoms with Gasteiger partial charge < -0.3 is 10.6 Å². The van der Waals surface area contributed by atoms with Crippen LogP contribution in [0.15, 0.2) is 24.3 Å². The van der Waals surface area contributed by atoms with E-state index in [2.05, 4.69) is 55.7 Å². The van der Waals surface area contributed by atoms with Crippen LogP contribution in [0, 0.1) is 0 Å². The third-order valence-electron chi connectivity index (χ3n) is 3.22. The fourth-order valence-electron chi connectivity index (χ4n) is 2.10. The topological polar surface area (TPSA) is 24.1 Å². The molecule has 1 unspecified atom stereocenters. The lowest BCUT2D eigenvalue weighted by molar-refractivity contribution is 0.430. The molecule has 0 saturated carbocycles. The van der Waals surface area contributed by atoms with Crippen molar-refractivity contribution < 1.29 is 0 Å². The van der Waals surface area contributed by atoms with E-state index in [0.29, 0.717) is 6.04 Å². The van der Waals surface area contributed by atoms with E-state index in [-0.39, 0.29) is 30.2 Å². The third kappa shape index (κ3) is 4.43. The van der Waals surface area contributed by atoms with Crippen molar-refractivity contribution in [1.29, 1.82) is 0 Å². The van der Waals surface area contributed by atoms with Gasteiger partial charge in [-0.05, 0) is 16.5 Å². The SMILES string of the molecule is CC(C)(C)c1ccc(C2CNCCN2)cc1.Cl.Cl. The monoisotopic (exact) mass is 290 g/mol. The van der Waals surface area contributed by atoms with Crippen LogP contribution in [0.5, 0.6) is 0 Å². The second-order valence-electron chi connectivity index (χ2n) is 5.58. The zero-order valence-electron chi connectivity index (χ0n) is 11.3. The van der Waals surface area contributed by atoms with Crippen LogP contribution in [0.4, 0.5) is 0 Å². The van der Waals surface area contributed by atoms with E-state index >= 15 is 0 Å². The van der Waals surface area contributed by atoms with Crippen molar-refractivity contribution in [1.82, 2.24) is 10.6 Å². The summed E-state index contributed by atoms with van der Waals surface area (Å²) in [7, 11) is 0. The molecule has 0 radical (unpaired) electrons. The standard InChI is InChI=1S/C14H22N2.2ClH/c1-14(2,3)12-6-4-11(5-7-12)13-10-15-8-9-16-13;;/h4-7,13,15-16H,8-10H2,1-3H3;2*1H. The molecule has 1 atom stereocenters. The van der Waals surface area contributed by atoms with Crippen LogP contribution < -0.4 is 10.6 Å². The first kappa shape index (κ1) is 17.7. The lowest BCUT2D eigenvalue weighted by atomic mass is 9.86. The minimum atomic E-state index is 0. The highest BCUT2D eigenvalue weighted by molar-refractivity contribution is 5.85. The van der Waals surface area contributed by atoms with Gasteiger partial charge in [0.2, 0.25) is 0 Å². The Hall–Kier alpha value is -0.280. The summed E-state index contributed by atoms with van der Waals surface area (Å²) in [6, 6.07) is 9.50. The van der Waals surface area contributed by atoms with Crippen LogP contribution in [0.25, 0.3) is 0 Å². The average Bonchev–Trinajstić information content (AvgIpc) is 2.29. The Kier molecular flexibility index (Phi) is 7.23. The molecular weight excluding hydrogens is 267 g/mol. The van der Waals surface area contributed by atoms with Gasteiger partial charge in [-0.2, -0.15) is 0 Å². The molecule has 0 amide bonds. The van der Waals surface area contributed by atoms with Crippen LogP contribution in [0.3, 0.4) is 0 Å². The molecule has 0 spiro atoms. The number of halogens is 2. The third-order valence-corrected chi connectivity index (χ3v) is 3.22. The van der Waals surface area contributed by atoms with Crippen LogP contribution >= 0.6 is 24.8 Å². The molecule has 2 rings (SSSR count). The van der Waals surface area contributed by atoms with E-state index in [1.807, 2.05) is 0 Å². The maximum atomic E-state index is 3.53. The van der Waals surface area contributed by atoms with Gasteiger partial charge in [-0.3, -0.25) is 0 Å². The summed E-state index contributed by atoms with van der Waals surface area (Å²) < 4.78 is 0. The summed E-state index contributed by atoms with van der Waals surface area (Å²) in [5.74, 6) is 0. The Morgan fingerprint density at radius 3 is 2.06 bits per heavy atom. The van der Waals surface area contributed by atoms with E-state index in [1.54, 1.807) is 0 Å². The van der Waals surface area contributed by atoms with E-state index < -0.39 is 0 Å². The maximum absolute atomic E-state index is 3.53. The van der Waals surface area contributed by atoms with E-state index in [9.17, 15) is 0 Å². The van der Waals surface area contributed by atoms with Crippen molar-refractivity contribution in [3.63, 3.8) is 0 Å². The van der Waals surface area contributed by atoms with Crippen LogP contribution in [0.1, 0.15) is 37.9 Å². The van der Waals surface area contributed by atoms with Gasteiger partial charge in [-0.1, -0.05) is 45.0 Å². The van der Waals surface area contributed by atoms with Gasteiger partial charge in [0, 0.05) is 25.7 Å². The zero-order valence-corrected chi connectivity index (χ0v) is 13.0. The summed E-state index contributed by atoms with van der Waals surface area (Å²) in [5, 5.41) is 6.95. The first-order chi connectivity index (χ1) is 7.57. The number of benzene rings is 1. The average molecular weight is 291 g/mol. The molecule has 1 aromatic carbocycles. The largest absolute Gasteiger partial charge is 0.314 e. The summed E-state index contributed by atoms with van der Waals surface area (Å²) >= 11 is 0. The molecule has 1 heterocycles.